The number of amides is 1. The van der Waals surface area contributed by atoms with Crippen molar-refractivity contribution in [2.24, 2.45) is 0 Å². The molecule has 0 unspecified atom stereocenters. The summed E-state index contributed by atoms with van der Waals surface area (Å²) in [5.41, 5.74) is 4.06. The third-order valence-electron chi connectivity index (χ3n) is 4.70. The van der Waals surface area contributed by atoms with Gasteiger partial charge in [-0.05, 0) is 73.5 Å². The van der Waals surface area contributed by atoms with Crippen LogP contribution in [-0.2, 0) is 0 Å². The van der Waals surface area contributed by atoms with E-state index in [2.05, 4.69) is 15.4 Å². The molecular formula is C23H17Cl3N4O. The quantitative estimate of drug-likeness (QED) is 0.357. The maximum Gasteiger partial charge on any atom is 0.295 e. The average molecular weight is 472 g/mol. The Kier molecular flexibility index (Phi) is 6.01. The normalized spacial score (nSPS) is 10.9. The highest BCUT2D eigenvalue weighted by Gasteiger charge is 2.20. The molecule has 0 atom stereocenters. The Balaban J connectivity index is 1.78. The summed E-state index contributed by atoms with van der Waals surface area (Å²) in [7, 11) is 0. The van der Waals surface area contributed by atoms with E-state index in [1.807, 2.05) is 44.2 Å². The number of nitrogens with zero attached hydrogens (tertiary/aromatic N) is 3. The van der Waals surface area contributed by atoms with Crippen molar-refractivity contribution in [1.82, 2.24) is 14.8 Å². The SMILES string of the molecule is Cc1ccc(C)c(NC(=O)c2nc(-c3ccc(Cl)cc3)n(-c3ccc(Cl)c(Cl)c3)n2)c1. The molecule has 0 radical (unpaired) electrons. The molecular weight excluding hydrogens is 455 g/mol. The van der Waals surface area contributed by atoms with Crippen molar-refractivity contribution >= 4 is 46.4 Å². The molecule has 4 aromatic rings. The highest BCUT2D eigenvalue weighted by atomic mass is 35.5. The smallest absolute Gasteiger partial charge is 0.295 e. The zero-order valence-electron chi connectivity index (χ0n) is 16.7. The predicted octanol–water partition coefficient (Wildman–Crippen LogP) is 6.76. The molecule has 0 saturated carbocycles. The summed E-state index contributed by atoms with van der Waals surface area (Å²) in [6.07, 6.45) is 0. The Bertz CT molecular complexity index is 1280. The van der Waals surface area contributed by atoms with Crippen LogP contribution < -0.4 is 5.32 Å². The Morgan fingerprint density at radius 3 is 2.35 bits per heavy atom. The van der Waals surface area contributed by atoms with E-state index >= 15 is 0 Å². The first kappa shape index (κ1) is 21.4. The highest BCUT2D eigenvalue weighted by molar-refractivity contribution is 6.42. The van der Waals surface area contributed by atoms with E-state index in [-0.39, 0.29) is 5.82 Å². The van der Waals surface area contributed by atoms with Crippen molar-refractivity contribution in [2.75, 3.05) is 5.32 Å². The molecule has 0 aliphatic rings. The van der Waals surface area contributed by atoms with Crippen molar-refractivity contribution in [3.8, 4) is 17.1 Å². The number of hydrogen-bond acceptors (Lipinski definition) is 3. The molecule has 0 fully saturated rings. The zero-order chi connectivity index (χ0) is 22.1. The first-order chi connectivity index (χ1) is 14.8. The lowest BCUT2D eigenvalue weighted by Gasteiger charge is -2.07. The van der Waals surface area contributed by atoms with Gasteiger partial charge in [-0.1, -0.05) is 46.9 Å². The first-order valence-electron chi connectivity index (χ1n) is 9.39. The van der Waals surface area contributed by atoms with E-state index < -0.39 is 5.91 Å². The Hall–Kier alpha value is -2.86. The lowest BCUT2D eigenvalue weighted by Crippen LogP contribution is -2.15. The van der Waals surface area contributed by atoms with E-state index in [9.17, 15) is 4.79 Å². The van der Waals surface area contributed by atoms with Crippen LogP contribution in [0.1, 0.15) is 21.7 Å². The molecule has 1 heterocycles. The number of aromatic nitrogens is 3. The first-order valence-corrected chi connectivity index (χ1v) is 10.5. The molecule has 0 bridgehead atoms. The molecule has 31 heavy (non-hydrogen) atoms. The Morgan fingerprint density at radius 1 is 0.903 bits per heavy atom. The number of nitrogens with one attached hydrogen (secondary N) is 1. The number of rotatable bonds is 4. The number of carbonyl (C=O) groups excluding carboxylic acids is 1. The minimum atomic E-state index is -0.414. The highest BCUT2D eigenvalue weighted by Crippen LogP contribution is 2.28. The molecule has 1 amide bonds. The van der Waals surface area contributed by atoms with E-state index in [1.165, 1.54) is 0 Å². The van der Waals surface area contributed by atoms with Gasteiger partial charge in [-0.25, -0.2) is 9.67 Å². The summed E-state index contributed by atoms with van der Waals surface area (Å²) in [5.74, 6) is 0.0841. The average Bonchev–Trinajstić information content (AvgIpc) is 3.19. The molecule has 1 aromatic heterocycles. The molecule has 5 nitrogen and oxygen atoms in total. The van der Waals surface area contributed by atoms with Gasteiger partial charge < -0.3 is 5.32 Å². The predicted molar refractivity (Wildman–Crippen MR) is 126 cm³/mol. The molecule has 1 N–H and O–H groups in total. The van der Waals surface area contributed by atoms with Crippen LogP contribution in [0, 0.1) is 13.8 Å². The monoisotopic (exact) mass is 470 g/mol. The number of aryl methyl sites for hydroxylation is 2. The third kappa shape index (κ3) is 4.59. The number of halogens is 3. The van der Waals surface area contributed by atoms with Crippen molar-refractivity contribution < 1.29 is 4.79 Å². The van der Waals surface area contributed by atoms with Crippen LogP contribution >= 0.6 is 34.8 Å². The lowest BCUT2D eigenvalue weighted by atomic mass is 10.1. The maximum absolute atomic E-state index is 13.0. The van der Waals surface area contributed by atoms with Gasteiger partial charge in [0.15, 0.2) is 5.82 Å². The van der Waals surface area contributed by atoms with Crippen LogP contribution in [0.15, 0.2) is 60.7 Å². The van der Waals surface area contributed by atoms with Crippen LogP contribution in [0.3, 0.4) is 0 Å². The van der Waals surface area contributed by atoms with Crippen LogP contribution in [-0.4, -0.2) is 20.7 Å². The molecule has 8 heteroatoms. The van der Waals surface area contributed by atoms with E-state index in [0.29, 0.717) is 32.3 Å². The summed E-state index contributed by atoms with van der Waals surface area (Å²) >= 11 is 18.3. The van der Waals surface area contributed by atoms with Crippen LogP contribution in [0.25, 0.3) is 17.1 Å². The molecule has 0 spiro atoms. The van der Waals surface area contributed by atoms with Gasteiger partial charge in [-0.15, -0.1) is 5.10 Å². The van der Waals surface area contributed by atoms with Crippen LogP contribution in [0.2, 0.25) is 15.1 Å². The van der Waals surface area contributed by atoms with Gasteiger partial charge in [0.2, 0.25) is 5.82 Å². The maximum atomic E-state index is 13.0. The van der Waals surface area contributed by atoms with Crippen molar-refractivity contribution in [2.45, 2.75) is 13.8 Å². The third-order valence-corrected chi connectivity index (χ3v) is 5.69. The molecule has 0 saturated heterocycles. The van der Waals surface area contributed by atoms with Crippen molar-refractivity contribution in [3.63, 3.8) is 0 Å². The topological polar surface area (TPSA) is 59.8 Å². The summed E-state index contributed by atoms with van der Waals surface area (Å²) in [6, 6.07) is 18.1. The van der Waals surface area contributed by atoms with Gasteiger partial charge in [0.05, 0.1) is 15.7 Å². The van der Waals surface area contributed by atoms with Gasteiger partial charge in [0.25, 0.3) is 5.91 Å². The van der Waals surface area contributed by atoms with E-state index in [4.69, 9.17) is 34.8 Å². The Labute approximate surface area is 194 Å². The summed E-state index contributed by atoms with van der Waals surface area (Å²) in [6.45, 7) is 3.89. The Morgan fingerprint density at radius 2 is 1.65 bits per heavy atom. The fourth-order valence-electron chi connectivity index (χ4n) is 3.04. The number of hydrogen-bond donors (Lipinski definition) is 1. The number of benzene rings is 3. The fourth-order valence-corrected chi connectivity index (χ4v) is 3.46. The van der Waals surface area contributed by atoms with E-state index in [0.717, 1.165) is 16.7 Å². The van der Waals surface area contributed by atoms with Gasteiger partial charge in [0.1, 0.15) is 0 Å². The summed E-state index contributed by atoms with van der Waals surface area (Å²) < 4.78 is 1.56. The van der Waals surface area contributed by atoms with Crippen molar-refractivity contribution in [1.29, 1.82) is 0 Å². The molecule has 0 aliphatic heterocycles. The molecule has 0 aliphatic carbocycles. The molecule has 4 rings (SSSR count). The van der Waals surface area contributed by atoms with Gasteiger partial charge in [-0.2, -0.15) is 0 Å². The molecule has 3 aromatic carbocycles. The standard InChI is InChI=1S/C23H17Cl3N4O/c1-13-3-4-14(2)20(11-13)27-23(31)21-28-22(15-5-7-16(24)8-6-15)30(29-21)17-9-10-18(25)19(26)12-17/h3-12H,1-2H3,(H,27,31). The fraction of sp³-hybridized carbons (Fsp3) is 0.0870. The summed E-state index contributed by atoms with van der Waals surface area (Å²) in [5, 5.41) is 8.74. The second kappa shape index (κ2) is 8.71. The van der Waals surface area contributed by atoms with Crippen molar-refractivity contribution in [3.05, 3.63) is 92.7 Å². The zero-order valence-corrected chi connectivity index (χ0v) is 18.9. The largest absolute Gasteiger partial charge is 0.319 e. The van der Waals surface area contributed by atoms with Crippen LogP contribution in [0.5, 0.6) is 0 Å². The van der Waals surface area contributed by atoms with E-state index in [1.54, 1.807) is 35.0 Å². The summed E-state index contributed by atoms with van der Waals surface area (Å²) in [4.78, 5) is 17.5. The second-order valence-corrected chi connectivity index (χ2v) is 8.30. The minimum absolute atomic E-state index is 0.0249. The second-order valence-electron chi connectivity index (χ2n) is 7.05. The number of anilines is 1. The minimum Gasteiger partial charge on any atom is -0.319 e. The molecule has 156 valence electrons. The van der Waals surface area contributed by atoms with Gasteiger partial charge in [-0.3, -0.25) is 4.79 Å². The lowest BCUT2D eigenvalue weighted by molar-refractivity contribution is 0.101. The van der Waals surface area contributed by atoms with Crippen LogP contribution in [0.4, 0.5) is 5.69 Å². The van der Waals surface area contributed by atoms with Gasteiger partial charge >= 0.3 is 0 Å². The number of carbonyl (C=O) groups is 1. The van der Waals surface area contributed by atoms with Gasteiger partial charge in [0, 0.05) is 16.3 Å².